The molecule has 1 rings (SSSR count). The zero-order chi connectivity index (χ0) is 12.3. The molecule has 0 aliphatic heterocycles. The van der Waals surface area contributed by atoms with Crippen molar-refractivity contribution >= 4 is 27.5 Å². The number of benzene rings is 1. The molecule has 1 aromatic carbocycles. The lowest BCUT2D eigenvalue weighted by molar-refractivity contribution is -0.119. The summed E-state index contributed by atoms with van der Waals surface area (Å²) in [6, 6.07) is 2.99. The molecule has 0 saturated heterocycles. The molecule has 1 N–H and O–H groups in total. The SMILES string of the molecule is CCC(C)C(=O)Nc1cc(F)c(Br)cc1C. The van der Waals surface area contributed by atoms with Gasteiger partial charge >= 0.3 is 0 Å². The number of carbonyl (C=O) groups excluding carboxylic acids is 1. The molecule has 0 aliphatic rings. The molecule has 0 aromatic heterocycles. The summed E-state index contributed by atoms with van der Waals surface area (Å²) in [5.74, 6) is -0.511. The van der Waals surface area contributed by atoms with Crippen molar-refractivity contribution in [3.05, 3.63) is 28.0 Å². The maximum Gasteiger partial charge on any atom is 0.227 e. The van der Waals surface area contributed by atoms with Crippen LogP contribution in [0.15, 0.2) is 16.6 Å². The number of hydrogen-bond acceptors (Lipinski definition) is 1. The maximum atomic E-state index is 13.3. The largest absolute Gasteiger partial charge is 0.326 e. The number of nitrogens with one attached hydrogen (secondary N) is 1. The van der Waals surface area contributed by atoms with Crippen LogP contribution in [0.5, 0.6) is 0 Å². The van der Waals surface area contributed by atoms with Gasteiger partial charge < -0.3 is 5.32 Å². The van der Waals surface area contributed by atoms with E-state index < -0.39 is 0 Å². The second kappa shape index (κ2) is 5.43. The maximum absolute atomic E-state index is 13.3. The normalized spacial score (nSPS) is 12.3. The molecule has 0 aliphatic carbocycles. The van der Waals surface area contributed by atoms with E-state index in [4.69, 9.17) is 0 Å². The third kappa shape index (κ3) is 3.04. The zero-order valence-electron chi connectivity index (χ0n) is 9.60. The second-order valence-electron chi connectivity index (χ2n) is 3.88. The molecule has 4 heteroatoms. The zero-order valence-corrected chi connectivity index (χ0v) is 11.2. The minimum atomic E-state index is -0.370. The molecule has 2 nitrogen and oxygen atoms in total. The number of carbonyl (C=O) groups is 1. The smallest absolute Gasteiger partial charge is 0.227 e. The van der Waals surface area contributed by atoms with Crippen molar-refractivity contribution in [2.24, 2.45) is 5.92 Å². The average Bonchev–Trinajstić information content (AvgIpc) is 2.24. The molecule has 0 radical (unpaired) electrons. The predicted octanol–water partition coefficient (Wildman–Crippen LogP) is 3.88. The summed E-state index contributed by atoms with van der Waals surface area (Å²) in [5, 5.41) is 2.73. The van der Waals surface area contributed by atoms with Crippen molar-refractivity contribution in [1.82, 2.24) is 0 Å². The van der Waals surface area contributed by atoms with Crippen LogP contribution in [0.4, 0.5) is 10.1 Å². The van der Waals surface area contributed by atoms with E-state index in [1.165, 1.54) is 6.07 Å². The van der Waals surface area contributed by atoms with Gasteiger partial charge in [-0.05, 0) is 47.0 Å². The van der Waals surface area contributed by atoms with Gasteiger partial charge in [-0.3, -0.25) is 4.79 Å². The summed E-state index contributed by atoms with van der Waals surface area (Å²) >= 11 is 3.10. The molecule has 1 amide bonds. The van der Waals surface area contributed by atoms with E-state index in [0.717, 1.165) is 12.0 Å². The van der Waals surface area contributed by atoms with Gasteiger partial charge in [-0.1, -0.05) is 13.8 Å². The summed E-state index contributed by atoms with van der Waals surface area (Å²) in [6.07, 6.45) is 0.768. The van der Waals surface area contributed by atoms with Gasteiger partial charge in [-0.2, -0.15) is 0 Å². The summed E-state index contributed by atoms with van der Waals surface area (Å²) in [6.45, 7) is 5.62. The Labute approximate surface area is 103 Å². The Balaban J connectivity index is 2.90. The van der Waals surface area contributed by atoms with Crippen molar-refractivity contribution < 1.29 is 9.18 Å². The van der Waals surface area contributed by atoms with E-state index in [1.807, 2.05) is 20.8 Å². The fourth-order valence-electron chi connectivity index (χ4n) is 1.22. The first kappa shape index (κ1) is 13.2. The Kier molecular flexibility index (Phi) is 4.47. The number of halogens is 2. The van der Waals surface area contributed by atoms with Crippen LogP contribution >= 0.6 is 15.9 Å². The summed E-state index contributed by atoms with van der Waals surface area (Å²) in [7, 11) is 0. The van der Waals surface area contributed by atoms with Crippen molar-refractivity contribution in [3.63, 3.8) is 0 Å². The first-order chi connectivity index (χ1) is 7.45. The average molecular weight is 288 g/mol. The first-order valence-electron chi connectivity index (χ1n) is 5.22. The molecule has 1 unspecified atom stereocenters. The molecule has 0 saturated carbocycles. The molecular formula is C12H15BrFNO. The number of amides is 1. The van der Waals surface area contributed by atoms with E-state index >= 15 is 0 Å². The second-order valence-corrected chi connectivity index (χ2v) is 4.73. The molecule has 16 heavy (non-hydrogen) atoms. The van der Waals surface area contributed by atoms with Gasteiger partial charge in [0.1, 0.15) is 5.82 Å². The number of rotatable bonds is 3. The standard InChI is InChI=1S/C12H15BrFNO/c1-4-7(2)12(16)15-11-6-10(14)9(13)5-8(11)3/h5-7H,4H2,1-3H3,(H,15,16). The summed E-state index contributed by atoms with van der Waals surface area (Å²) in [4.78, 5) is 11.6. The van der Waals surface area contributed by atoms with Crippen LogP contribution in [0.2, 0.25) is 0 Å². The fourth-order valence-corrected chi connectivity index (χ4v) is 1.68. The van der Waals surface area contributed by atoms with Gasteiger partial charge in [0.15, 0.2) is 0 Å². The topological polar surface area (TPSA) is 29.1 Å². The minimum Gasteiger partial charge on any atom is -0.326 e. The quantitative estimate of drug-likeness (QED) is 0.898. The third-order valence-electron chi connectivity index (χ3n) is 2.59. The van der Waals surface area contributed by atoms with Crippen LogP contribution in [-0.2, 0) is 4.79 Å². The van der Waals surface area contributed by atoms with Gasteiger partial charge in [0.25, 0.3) is 0 Å². The summed E-state index contributed by atoms with van der Waals surface area (Å²) < 4.78 is 13.7. The van der Waals surface area contributed by atoms with Crippen LogP contribution in [0.25, 0.3) is 0 Å². The highest BCUT2D eigenvalue weighted by atomic mass is 79.9. The van der Waals surface area contributed by atoms with Gasteiger partial charge in [0.05, 0.1) is 4.47 Å². The van der Waals surface area contributed by atoms with Gasteiger partial charge in [0, 0.05) is 11.6 Å². The highest BCUT2D eigenvalue weighted by molar-refractivity contribution is 9.10. The number of anilines is 1. The molecule has 1 atom stereocenters. The Morgan fingerprint density at radius 3 is 2.75 bits per heavy atom. The number of hydrogen-bond donors (Lipinski definition) is 1. The molecule has 0 fully saturated rings. The molecule has 0 bridgehead atoms. The minimum absolute atomic E-state index is 0.0638. The van der Waals surface area contributed by atoms with E-state index in [2.05, 4.69) is 21.2 Å². The first-order valence-corrected chi connectivity index (χ1v) is 6.01. The molecule has 88 valence electrons. The van der Waals surface area contributed by atoms with Gasteiger partial charge in [-0.25, -0.2) is 4.39 Å². The van der Waals surface area contributed by atoms with Crippen molar-refractivity contribution in [1.29, 1.82) is 0 Å². The van der Waals surface area contributed by atoms with Crippen molar-refractivity contribution in [3.8, 4) is 0 Å². The lowest BCUT2D eigenvalue weighted by atomic mass is 10.1. The Bertz CT molecular complexity index is 406. The highest BCUT2D eigenvalue weighted by Gasteiger charge is 2.13. The fraction of sp³-hybridized carbons (Fsp3) is 0.417. The Morgan fingerprint density at radius 1 is 1.56 bits per heavy atom. The van der Waals surface area contributed by atoms with E-state index in [0.29, 0.717) is 10.2 Å². The van der Waals surface area contributed by atoms with Crippen molar-refractivity contribution in [2.75, 3.05) is 5.32 Å². The number of aryl methyl sites for hydroxylation is 1. The molecule has 1 aromatic rings. The molecule has 0 heterocycles. The van der Waals surface area contributed by atoms with Gasteiger partial charge in [-0.15, -0.1) is 0 Å². The van der Waals surface area contributed by atoms with Crippen LogP contribution < -0.4 is 5.32 Å². The van der Waals surface area contributed by atoms with E-state index in [1.54, 1.807) is 6.07 Å². The molecule has 0 spiro atoms. The van der Waals surface area contributed by atoms with E-state index in [-0.39, 0.29) is 17.6 Å². The lowest BCUT2D eigenvalue weighted by Crippen LogP contribution is -2.20. The Morgan fingerprint density at radius 2 is 2.19 bits per heavy atom. The summed E-state index contributed by atoms with van der Waals surface area (Å²) in [5.41, 5.74) is 1.37. The third-order valence-corrected chi connectivity index (χ3v) is 3.19. The Hall–Kier alpha value is -0.900. The van der Waals surface area contributed by atoms with Crippen LogP contribution in [0.3, 0.4) is 0 Å². The predicted molar refractivity (Wildman–Crippen MR) is 66.9 cm³/mol. The van der Waals surface area contributed by atoms with E-state index in [9.17, 15) is 9.18 Å². The molecular weight excluding hydrogens is 273 g/mol. The van der Waals surface area contributed by atoms with Gasteiger partial charge in [0.2, 0.25) is 5.91 Å². The highest BCUT2D eigenvalue weighted by Crippen LogP contribution is 2.24. The van der Waals surface area contributed by atoms with Crippen LogP contribution in [0, 0.1) is 18.7 Å². The van der Waals surface area contributed by atoms with Crippen LogP contribution in [0.1, 0.15) is 25.8 Å². The van der Waals surface area contributed by atoms with Crippen LogP contribution in [-0.4, -0.2) is 5.91 Å². The van der Waals surface area contributed by atoms with Crippen molar-refractivity contribution in [2.45, 2.75) is 27.2 Å². The lowest BCUT2D eigenvalue weighted by Gasteiger charge is -2.12. The monoisotopic (exact) mass is 287 g/mol.